The maximum atomic E-state index is 12.1. The summed E-state index contributed by atoms with van der Waals surface area (Å²) in [5, 5.41) is 0. The Morgan fingerprint density at radius 1 is 1.21 bits per heavy atom. The second-order valence-electron chi connectivity index (χ2n) is 4.50. The molecule has 0 aromatic rings. The van der Waals surface area contributed by atoms with Crippen LogP contribution in [0.15, 0.2) is 0 Å². The minimum Gasteiger partial charge on any atom is -0.327 e. The van der Waals surface area contributed by atoms with Gasteiger partial charge in [-0.25, -0.2) is 0 Å². The van der Waals surface area contributed by atoms with E-state index in [2.05, 4.69) is 6.92 Å². The molecule has 1 atom stereocenters. The van der Waals surface area contributed by atoms with Crippen molar-refractivity contribution in [1.29, 1.82) is 0 Å². The summed E-state index contributed by atoms with van der Waals surface area (Å²) in [6.07, 6.45) is -1.17. The van der Waals surface area contributed by atoms with Crippen molar-refractivity contribution in [2.24, 2.45) is 17.6 Å². The van der Waals surface area contributed by atoms with Crippen molar-refractivity contribution < 1.29 is 13.2 Å². The van der Waals surface area contributed by atoms with E-state index in [0.717, 1.165) is 25.7 Å². The number of rotatable bonds is 2. The second-order valence-corrected chi connectivity index (χ2v) is 4.50. The van der Waals surface area contributed by atoms with E-state index in [0.29, 0.717) is 5.92 Å². The molecule has 0 spiro atoms. The zero-order chi connectivity index (χ0) is 10.8. The predicted octanol–water partition coefficient (Wildman–Crippen LogP) is 3.09. The van der Waals surface area contributed by atoms with E-state index in [-0.39, 0.29) is 5.92 Å². The molecular formula is C10H18F3N. The van der Waals surface area contributed by atoms with E-state index in [1.807, 2.05) is 0 Å². The number of alkyl halides is 3. The van der Waals surface area contributed by atoms with E-state index in [1.165, 1.54) is 0 Å². The third kappa shape index (κ3) is 3.86. The van der Waals surface area contributed by atoms with Gasteiger partial charge < -0.3 is 5.73 Å². The Morgan fingerprint density at radius 2 is 1.71 bits per heavy atom. The van der Waals surface area contributed by atoms with Gasteiger partial charge in [-0.05, 0) is 24.7 Å². The minimum atomic E-state index is -4.11. The predicted molar refractivity (Wildman–Crippen MR) is 49.8 cm³/mol. The van der Waals surface area contributed by atoms with Crippen LogP contribution in [0.2, 0.25) is 0 Å². The Labute approximate surface area is 82.9 Å². The van der Waals surface area contributed by atoms with Crippen molar-refractivity contribution in [2.45, 2.75) is 51.2 Å². The maximum Gasteiger partial charge on any atom is 0.390 e. The smallest absolute Gasteiger partial charge is 0.327 e. The van der Waals surface area contributed by atoms with Gasteiger partial charge >= 0.3 is 6.18 Å². The molecule has 1 aliphatic rings. The maximum absolute atomic E-state index is 12.1. The van der Waals surface area contributed by atoms with Crippen molar-refractivity contribution in [3.05, 3.63) is 0 Å². The average Bonchev–Trinajstić information content (AvgIpc) is 2.02. The molecule has 0 saturated heterocycles. The van der Waals surface area contributed by atoms with Crippen molar-refractivity contribution in [2.75, 3.05) is 0 Å². The molecule has 2 N–H and O–H groups in total. The molecule has 0 radical (unpaired) electrons. The lowest BCUT2D eigenvalue weighted by molar-refractivity contribution is -0.141. The number of nitrogens with two attached hydrogens (primary N) is 1. The Bertz CT molecular complexity index is 171. The largest absolute Gasteiger partial charge is 0.390 e. The Balaban J connectivity index is 2.34. The number of hydrogen-bond donors (Lipinski definition) is 1. The van der Waals surface area contributed by atoms with Crippen LogP contribution < -0.4 is 5.73 Å². The van der Waals surface area contributed by atoms with E-state index in [4.69, 9.17) is 5.73 Å². The van der Waals surface area contributed by atoms with Gasteiger partial charge in [-0.2, -0.15) is 13.2 Å². The monoisotopic (exact) mass is 209 g/mol. The Morgan fingerprint density at radius 3 is 2.14 bits per heavy atom. The van der Waals surface area contributed by atoms with E-state index < -0.39 is 18.6 Å². The zero-order valence-electron chi connectivity index (χ0n) is 8.48. The first kappa shape index (κ1) is 11.8. The van der Waals surface area contributed by atoms with Crippen molar-refractivity contribution >= 4 is 0 Å². The molecule has 14 heavy (non-hydrogen) atoms. The minimum absolute atomic E-state index is 0.0767. The van der Waals surface area contributed by atoms with Crippen LogP contribution in [0.5, 0.6) is 0 Å². The highest BCUT2D eigenvalue weighted by Crippen LogP contribution is 2.33. The van der Waals surface area contributed by atoms with Crippen molar-refractivity contribution in [3.63, 3.8) is 0 Å². The third-order valence-corrected chi connectivity index (χ3v) is 3.13. The van der Waals surface area contributed by atoms with Crippen LogP contribution in [0.1, 0.15) is 39.0 Å². The van der Waals surface area contributed by atoms with Crippen LogP contribution in [-0.4, -0.2) is 12.2 Å². The van der Waals surface area contributed by atoms with Gasteiger partial charge in [0.25, 0.3) is 0 Å². The fraction of sp³-hybridized carbons (Fsp3) is 1.00. The molecule has 4 heteroatoms. The average molecular weight is 209 g/mol. The van der Waals surface area contributed by atoms with Gasteiger partial charge in [0.15, 0.2) is 0 Å². The molecule has 0 aromatic carbocycles. The van der Waals surface area contributed by atoms with Gasteiger partial charge in [-0.3, -0.25) is 0 Å². The van der Waals surface area contributed by atoms with Gasteiger partial charge in [0.1, 0.15) is 0 Å². The number of halogens is 3. The van der Waals surface area contributed by atoms with E-state index >= 15 is 0 Å². The zero-order valence-corrected chi connectivity index (χ0v) is 8.48. The lowest BCUT2D eigenvalue weighted by Crippen LogP contribution is -2.36. The second kappa shape index (κ2) is 4.51. The molecule has 1 nitrogen and oxygen atoms in total. The normalized spacial score (nSPS) is 31.5. The molecule has 0 aromatic heterocycles. The molecule has 0 amide bonds. The molecule has 1 aliphatic carbocycles. The summed E-state index contributed by atoms with van der Waals surface area (Å²) in [6.45, 7) is 2.14. The van der Waals surface area contributed by atoms with Crippen LogP contribution in [0.3, 0.4) is 0 Å². The Hall–Kier alpha value is -0.250. The lowest BCUT2D eigenvalue weighted by Gasteiger charge is -2.30. The first-order valence-electron chi connectivity index (χ1n) is 5.21. The van der Waals surface area contributed by atoms with Gasteiger partial charge in [0.2, 0.25) is 0 Å². The molecule has 0 unspecified atom stereocenters. The fourth-order valence-corrected chi connectivity index (χ4v) is 2.15. The summed E-state index contributed by atoms with van der Waals surface area (Å²) in [5.41, 5.74) is 5.56. The lowest BCUT2D eigenvalue weighted by atomic mass is 9.78. The summed E-state index contributed by atoms with van der Waals surface area (Å²) in [6, 6.07) is -0.692. The molecule has 84 valence electrons. The van der Waals surface area contributed by atoms with E-state index in [9.17, 15) is 13.2 Å². The van der Waals surface area contributed by atoms with Gasteiger partial charge in [0.05, 0.1) is 6.42 Å². The van der Waals surface area contributed by atoms with Crippen LogP contribution in [0, 0.1) is 11.8 Å². The molecule has 1 saturated carbocycles. The number of hydrogen-bond acceptors (Lipinski definition) is 1. The first-order chi connectivity index (χ1) is 6.38. The molecule has 1 fully saturated rings. The van der Waals surface area contributed by atoms with Gasteiger partial charge in [-0.15, -0.1) is 0 Å². The summed E-state index contributed by atoms with van der Waals surface area (Å²) in [4.78, 5) is 0. The van der Waals surface area contributed by atoms with Gasteiger partial charge in [0, 0.05) is 6.04 Å². The molecule has 0 aliphatic heterocycles. The summed E-state index contributed by atoms with van der Waals surface area (Å²) in [7, 11) is 0. The van der Waals surface area contributed by atoms with Crippen LogP contribution >= 0.6 is 0 Å². The van der Waals surface area contributed by atoms with Crippen LogP contribution in [0.25, 0.3) is 0 Å². The third-order valence-electron chi connectivity index (χ3n) is 3.13. The quantitative estimate of drug-likeness (QED) is 0.743. The van der Waals surface area contributed by atoms with Crippen LogP contribution in [0.4, 0.5) is 13.2 Å². The summed E-state index contributed by atoms with van der Waals surface area (Å²) >= 11 is 0. The topological polar surface area (TPSA) is 26.0 Å². The highest BCUT2D eigenvalue weighted by Gasteiger charge is 2.34. The molecule has 1 rings (SSSR count). The SMILES string of the molecule is CC1CCC([C@H](N)CC(F)(F)F)CC1. The van der Waals surface area contributed by atoms with Crippen molar-refractivity contribution in [3.8, 4) is 0 Å². The first-order valence-corrected chi connectivity index (χ1v) is 5.21. The molecule has 0 heterocycles. The highest BCUT2D eigenvalue weighted by atomic mass is 19.4. The van der Waals surface area contributed by atoms with E-state index in [1.54, 1.807) is 0 Å². The highest BCUT2D eigenvalue weighted by molar-refractivity contribution is 4.80. The fourth-order valence-electron chi connectivity index (χ4n) is 2.15. The van der Waals surface area contributed by atoms with Gasteiger partial charge in [-0.1, -0.05) is 19.8 Å². The summed E-state index contributed by atoms with van der Waals surface area (Å²) in [5.74, 6) is 0.733. The molecule has 0 bridgehead atoms. The van der Waals surface area contributed by atoms with Crippen molar-refractivity contribution in [1.82, 2.24) is 0 Å². The standard InChI is InChI=1S/C10H18F3N/c1-7-2-4-8(5-3-7)9(14)6-10(11,12)13/h7-9H,2-6,14H2,1H3/t7?,8?,9-/m1/s1. The Kier molecular flexibility index (Phi) is 3.81. The summed E-state index contributed by atoms with van der Waals surface area (Å²) < 4.78 is 36.2. The molecular weight excluding hydrogens is 191 g/mol. The van der Waals surface area contributed by atoms with Crippen LogP contribution in [-0.2, 0) is 0 Å².